The number of benzene rings is 2. The van der Waals surface area contributed by atoms with Crippen LogP contribution in [0, 0.1) is 0 Å². The SMILES string of the molecule is COC(=O)N(C1c2ccccc2-c2ccccc21)[C@@H](CN)C(=O)O. The Hall–Kier alpha value is -2.86. The van der Waals surface area contributed by atoms with Crippen LogP contribution in [0.5, 0.6) is 0 Å². The Balaban J connectivity index is 2.21. The molecule has 3 rings (SSSR count). The summed E-state index contributed by atoms with van der Waals surface area (Å²) in [6.07, 6.45) is -0.718. The van der Waals surface area contributed by atoms with E-state index in [2.05, 4.69) is 0 Å². The van der Waals surface area contributed by atoms with Crippen molar-refractivity contribution < 1.29 is 19.4 Å². The smallest absolute Gasteiger partial charge is 0.411 e. The van der Waals surface area contributed by atoms with Crippen molar-refractivity contribution in [3.8, 4) is 11.1 Å². The standard InChI is InChI=1S/C18H18N2O4/c1-24-18(23)20(15(10-19)17(21)22)16-13-8-4-2-6-11(13)12-7-3-5-9-14(12)16/h2-9,15-16H,10,19H2,1H3,(H,21,22)/t15-/m0/s1. The van der Waals surface area contributed by atoms with Crippen LogP contribution in [0.4, 0.5) is 4.79 Å². The maximum Gasteiger partial charge on any atom is 0.411 e. The number of carboxylic acids is 1. The predicted molar refractivity (Wildman–Crippen MR) is 88.4 cm³/mol. The van der Waals surface area contributed by atoms with Gasteiger partial charge in [-0.25, -0.2) is 9.59 Å². The Labute approximate surface area is 139 Å². The molecule has 0 radical (unpaired) electrons. The van der Waals surface area contributed by atoms with Gasteiger partial charge >= 0.3 is 12.1 Å². The van der Waals surface area contributed by atoms with E-state index in [9.17, 15) is 14.7 Å². The third-order valence-electron chi connectivity index (χ3n) is 4.31. The van der Waals surface area contributed by atoms with E-state index in [1.54, 1.807) is 0 Å². The lowest BCUT2D eigenvalue weighted by Gasteiger charge is -2.33. The molecule has 6 nitrogen and oxygen atoms in total. The van der Waals surface area contributed by atoms with Crippen LogP contribution in [-0.4, -0.2) is 41.8 Å². The Bertz CT molecular complexity index is 745. The number of carboxylic acid groups (broad SMARTS) is 1. The highest BCUT2D eigenvalue weighted by atomic mass is 16.5. The molecular formula is C18H18N2O4. The van der Waals surface area contributed by atoms with Gasteiger partial charge in [0.1, 0.15) is 6.04 Å². The van der Waals surface area contributed by atoms with Gasteiger partial charge in [-0.15, -0.1) is 0 Å². The van der Waals surface area contributed by atoms with Gasteiger partial charge in [0.15, 0.2) is 0 Å². The molecule has 1 atom stereocenters. The number of carbonyl (C=O) groups is 2. The molecule has 0 saturated carbocycles. The molecule has 124 valence electrons. The maximum atomic E-state index is 12.4. The van der Waals surface area contributed by atoms with E-state index in [0.717, 1.165) is 22.3 Å². The summed E-state index contributed by atoms with van der Waals surface area (Å²) in [5.74, 6) is -1.16. The average molecular weight is 326 g/mol. The Morgan fingerprint density at radius 2 is 1.62 bits per heavy atom. The molecule has 0 unspecified atom stereocenters. The Morgan fingerprint density at radius 3 is 2.04 bits per heavy atom. The Kier molecular flexibility index (Phi) is 4.22. The average Bonchev–Trinajstić information content (AvgIpc) is 2.93. The zero-order valence-electron chi connectivity index (χ0n) is 13.2. The van der Waals surface area contributed by atoms with Gasteiger partial charge in [-0.05, 0) is 22.3 Å². The van der Waals surface area contributed by atoms with Crippen molar-refractivity contribution in [2.75, 3.05) is 13.7 Å². The van der Waals surface area contributed by atoms with E-state index >= 15 is 0 Å². The number of fused-ring (bicyclic) bond motifs is 3. The lowest BCUT2D eigenvalue weighted by atomic mass is 10.0. The highest BCUT2D eigenvalue weighted by Gasteiger charge is 2.41. The van der Waals surface area contributed by atoms with Gasteiger partial charge in [0.25, 0.3) is 0 Å². The van der Waals surface area contributed by atoms with Crippen molar-refractivity contribution in [2.24, 2.45) is 5.73 Å². The van der Waals surface area contributed by atoms with Crippen LogP contribution < -0.4 is 5.73 Å². The number of rotatable bonds is 4. The summed E-state index contributed by atoms with van der Waals surface area (Å²) in [5.41, 5.74) is 9.33. The van der Waals surface area contributed by atoms with Crippen molar-refractivity contribution in [3.05, 3.63) is 59.7 Å². The van der Waals surface area contributed by atoms with Gasteiger partial charge in [-0.1, -0.05) is 48.5 Å². The van der Waals surface area contributed by atoms with Crippen molar-refractivity contribution in [2.45, 2.75) is 12.1 Å². The van der Waals surface area contributed by atoms with E-state index in [1.807, 2.05) is 48.5 Å². The van der Waals surface area contributed by atoms with Crippen molar-refractivity contribution >= 4 is 12.1 Å². The van der Waals surface area contributed by atoms with Crippen molar-refractivity contribution in [3.63, 3.8) is 0 Å². The number of nitrogens with two attached hydrogens (primary N) is 1. The molecule has 0 fully saturated rings. The van der Waals surface area contributed by atoms with Gasteiger partial charge in [0.2, 0.25) is 0 Å². The molecule has 0 heterocycles. The lowest BCUT2D eigenvalue weighted by Crippen LogP contribution is -2.50. The van der Waals surface area contributed by atoms with Crippen LogP contribution in [0.3, 0.4) is 0 Å². The first-order valence-electron chi connectivity index (χ1n) is 7.57. The molecule has 1 aliphatic carbocycles. The number of amides is 1. The monoisotopic (exact) mass is 326 g/mol. The number of carbonyl (C=O) groups excluding carboxylic acids is 1. The minimum absolute atomic E-state index is 0.203. The second kappa shape index (κ2) is 6.33. The number of methoxy groups -OCH3 is 1. The Morgan fingerprint density at radius 1 is 1.12 bits per heavy atom. The van der Waals surface area contributed by atoms with Crippen molar-refractivity contribution in [1.29, 1.82) is 0 Å². The van der Waals surface area contributed by atoms with E-state index in [0.29, 0.717) is 0 Å². The van der Waals surface area contributed by atoms with Gasteiger partial charge in [-0.3, -0.25) is 4.90 Å². The fourth-order valence-corrected chi connectivity index (χ4v) is 3.28. The first-order chi connectivity index (χ1) is 11.6. The fourth-order valence-electron chi connectivity index (χ4n) is 3.28. The normalized spacial score (nSPS) is 13.8. The molecule has 0 aliphatic heterocycles. The number of nitrogens with zero attached hydrogens (tertiary/aromatic N) is 1. The fraction of sp³-hybridized carbons (Fsp3) is 0.222. The van der Waals surface area contributed by atoms with E-state index < -0.39 is 24.1 Å². The highest BCUT2D eigenvalue weighted by Crippen LogP contribution is 2.46. The molecule has 3 N–H and O–H groups in total. The molecule has 1 amide bonds. The molecule has 0 aromatic heterocycles. The first-order valence-corrected chi connectivity index (χ1v) is 7.57. The highest BCUT2D eigenvalue weighted by molar-refractivity contribution is 5.85. The van der Waals surface area contributed by atoms with Crippen LogP contribution in [0.2, 0.25) is 0 Å². The summed E-state index contributed by atoms with van der Waals surface area (Å²) in [6.45, 7) is -0.203. The minimum Gasteiger partial charge on any atom is -0.480 e. The summed E-state index contributed by atoms with van der Waals surface area (Å²) in [6, 6.07) is 13.5. The van der Waals surface area contributed by atoms with Crippen LogP contribution >= 0.6 is 0 Å². The molecular weight excluding hydrogens is 308 g/mol. The molecule has 1 aliphatic rings. The van der Waals surface area contributed by atoms with Gasteiger partial charge in [0.05, 0.1) is 13.2 Å². The van der Waals surface area contributed by atoms with Crippen molar-refractivity contribution in [1.82, 2.24) is 4.90 Å². The zero-order chi connectivity index (χ0) is 17.3. The van der Waals surface area contributed by atoms with Crippen LogP contribution in [0.15, 0.2) is 48.5 Å². The number of ether oxygens (including phenoxy) is 1. The molecule has 2 aromatic carbocycles. The summed E-state index contributed by atoms with van der Waals surface area (Å²) >= 11 is 0. The van der Waals surface area contributed by atoms with Gasteiger partial charge in [0, 0.05) is 6.54 Å². The maximum absolute atomic E-state index is 12.4. The lowest BCUT2D eigenvalue weighted by molar-refractivity contribution is -0.142. The molecule has 0 spiro atoms. The summed E-state index contributed by atoms with van der Waals surface area (Å²) in [4.78, 5) is 25.3. The minimum atomic E-state index is -1.18. The van der Waals surface area contributed by atoms with Gasteiger partial charge < -0.3 is 15.6 Å². The second-order valence-corrected chi connectivity index (χ2v) is 5.54. The number of hydrogen-bond donors (Lipinski definition) is 2. The van der Waals surface area contributed by atoms with E-state index in [1.165, 1.54) is 12.0 Å². The zero-order valence-corrected chi connectivity index (χ0v) is 13.2. The van der Waals surface area contributed by atoms with E-state index in [4.69, 9.17) is 10.5 Å². The van der Waals surface area contributed by atoms with Crippen LogP contribution in [0.25, 0.3) is 11.1 Å². The molecule has 24 heavy (non-hydrogen) atoms. The topological polar surface area (TPSA) is 92.9 Å². The largest absolute Gasteiger partial charge is 0.480 e. The molecule has 2 aromatic rings. The number of hydrogen-bond acceptors (Lipinski definition) is 4. The number of aliphatic carboxylic acids is 1. The third kappa shape index (κ3) is 2.41. The summed E-state index contributed by atoms with van der Waals surface area (Å²) in [5, 5.41) is 9.51. The molecule has 0 bridgehead atoms. The predicted octanol–water partition coefficient (Wildman–Crippen LogP) is 2.24. The second-order valence-electron chi connectivity index (χ2n) is 5.54. The quantitative estimate of drug-likeness (QED) is 0.899. The third-order valence-corrected chi connectivity index (χ3v) is 4.31. The van der Waals surface area contributed by atoms with Crippen LogP contribution in [-0.2, 0) is 9.53 Å². The van der Waals surface area contributed by atoms with Gasteiger partial charge in [-0.2, -0.15) is 0 Å². The summed E-state index contributed by atoms with van der Waals surface area (Å²) < 4.78 is 4.86. The summed E-state index contributed by atoms with van der Waals surface area (Å²) in [7, 11) is 1.23. The van der Waals surface area contributed by atoms with Crippen LogP contribution in [0.1, 0.15) is 17.2 Å². The molecule has 0 saturated heterocycles. The molecule has 6 heteroatoms. The first kappa shape index (κ1) is 16.0. The van der Waals surface area contributed by atoms with E-state index in [-0.39, 0.29) is 6.54 Å².